The van der Waals surface area contributed by atoms with Crippen molar-refractivity contribution in [2.45, 2.75) is 52.2 Å². The lowest BCUT2D eigenvalue weighted by atomic mass is 9.86. The van der Waals surface area contributed by atoms with Gasteiger partial charge < -0.3 is 9.47 Å². The van der Waals surface area contributed by atoms with Gasteiger partial charge >= 0.3 is 0 Å². The topological polar surface area (TPSA) is 48.6 Å². The van der Waals surface area contributed by atoms with E-state index in [1.807, 2.05) is 30.5 Å². The van der Waals surface area contributed by atoms with E-state index in [4.69, 9.17) is 14.6 Å². The second kappa shape index (κ2) is 7.57. The number of hydrogen-bond acceptors (Lipinski definition) is 4. The van der Waals surface area contributed by atoms with Gasteiger partial charge in [-0.15, -0.1) is 0 Å². The number of para-hydroxylation sites is 2. The molecule has 2 aliphatic rings. The zero-order valence-corrected chi connectivity index (χ0v) is 19.2. The minimum Gasteiger partial charge on any atom is -0.494 e. The molecular formula is C23H31N3O2Si. The van der Waals surface area contributed by atoms with Crippen LogP contribution in [0.2, 0.25) is 25.7 Å². The Morgan fingerprint density at radius 3 is 2.83 bits per heavy atom. The normalized spacial score (nSPS) is 20.4. The lowest BCUT2D eigenvalue weighted by Crippen LogP contribution is -2.23. The molecule has 0 saturated carbocycles. The molecule has 29 heavy (non-hydrogen) atoms. The zero-order chi connectivity index (χ0) is 20.6. The molecule has 0 N–H and O–H groups in total. The zero-order valence-electron chi connectivity index (χ0n) is 18.2. The average Bonchev–Trinajstić information content (AvgIpc) is 3.24. The molecule has 6 heteroatoms. The second-order valence-electron chi connectivity index (χ2n) is 9.53. The molecule has 0 saturated heterocycles. The Morgan fingerprint density at radius 2 is 2.07 bits per heavy atom. The summed E-state index contributed by atoms with van der Waals surface area (Å²) in [5, 5.41) is 4.87. The Bertz CT molecular complexity index is 971. The first-order valence-electron chi connectivity index (χ1n) is 10.3. The Balaban J connectivity index is 1.56. The number of rotatable bonds is 8. The van der Waals surface area contributed by atoms with Crippen molar-refractivity contribution >= 4 is 20.0 Å². The highest BCUT2D eigenvalue weighted by atomic mass is 28.3. The van der Waals surface area contributed by atoms with Gasteiger partial charge in [-0.1, -0.05) is 50.3 Å². The molecule has 0 aliphatic heterocycles. The van der Waals surface area contributed by atoms with Crippen LogP contribution in [0.1, 0.15) is 23.9 Å². The smallest absolute Gasteiger partial charge is 0.144 e. The van der Waals surface area contributed by atoms with E-state index in [1.165, 1.54) is 22.9 Å². The van der Waals surface area contributed by atoms with E-state index in [2.05, 4.69) is 42.3 Å². The van der Waals surface area contributed by atoms with Crippen LogP contribution in [0.25, 0.3) is 0 Å². The molecule has 1 atom stereocenters. The van der Waals surface area contributed by atoms with Gasteiger partial charge in [0.15, 0.2) is 0 Å². The number of aromatic nitrogens is 2. The Labute approximate surface area is 174 Å². The molecule has 1 aromatic carbocycles. The van der Waals surface area contributed by atoms with Gasteiger partial charge in [0.25, 0.3) is 0 Å². The van der Waals surface area contributed by atoms with Crippen LogP contribution in [0.15, 0.2) is 40.9 Å². The molecule has 0 fully saturated rings. The Hall–Kier alpha value is -2.18. The first-order chi connectivity index (χ1) is 13.8. The molecule has 0 bridgehead atoms. The fraction of sp³-hybridized carbons (Fsp3) is 0.478. The molecule has 0 radical (unpaired) electrons. The number of methoxy groups -OCH3 is 1. The highest BCUT2D eigenvalue weighted by Crippen LogP contribution is 2.52. The lowest BCUT2D eigenvalue weighted by molar-refractivity contribution is 0.0758. The van der Waals surface area contributed by atoms with Crippen LogP contribution in [0.3, 0.4) is 0 Å². The van der Waals surface area contributed by atoms with Crippen LogP contribution in [0.5, 0.6) is 5.75 Å². The number of allylic oxidation sites excluding steroid dienone is 2. The molecule has 0 amide bonds. The second-order valence-corrected chi connectivity index (χ2v) is 15.1. The van der Waals surface area contributed by atoms with Crippen molar-refractivity contribution in [3.05, 3.63) is 52.9 Å². The van der Waals surface area contributed by atoms with E-state index in [9.17, 15) is 0 Å². The summed E-state index contributed by atoms with van der Waals surface area (Å²) in [6.07, 6.45) is 6.24. The van der Waals surface area contributed by atoms with Gasteiger partial charge in [0, 0.05) is 37.8 Å². The minimum atomic E-state index is -1.09. The maximum Gasteiger partial charge on any atom is 0.144 e. The van der Waals surface area contributed by atoms with E-state index in [-0.39, 0.29) is 5.41 Å². The molecular weight excluding hydrogens is 378 g/mol. The Morgan fingerprint density at radius 1 is 1.28 bits per heavy atom. The molecule has 4 rings (SSSR count). The van der Waals surface area contributed by atoms with Gasteiger partial charge in [-0.05, 0) is 24.6 Å². The van der Waals surface area contributed by atoms with Crippen LogP contribution in [-0.4, -0.2) is 37.8 Å². The molecule has 5 nitrogen and oxygen atoms in total. The molecule has 2 aromatic rings. The first-order valence-corrected chi connectivity index (χ1v) is 14.1. The predicted molar refractivity (Wildman–Crippen MR) is 120 cm³/mol. The summed E-state index contributed by atoms with van der Waals surface area (Å²) in [4.78, 5) is 4.67. The number of benzene rings is 1. The van der Waals surface area contributed by atoms with Gasteiger partial charge in [0.05, 0.1) is 13.3 Å². The van der Waals surface area contributed by atoms with E-state index < -0.39 is 8.07 Å². The summed E-state index contributed by atoms with van der Waals surface area (Å²) < 4.78 is 13.5. The molecule has 1 heterocycles. The number of nitrogens with zero attached hydrogens (tertiary/aromatic N) is 3. The third-order valence-electron chi connectivity index (χ3n) is 5.86. The fourth-order valence-corrected chi connectivity index (χ4v) is 4.61. The highest BCUT2D eigenvalue weighted by molar-refractivity contribution is 6.76. The fourth-order valence-electron chi connectivity index (χ4n) is 3.86. The van der Waals surface area contributed by atoms with Gasteiger partial charge in [0.1, 0.15) is 23.9 Å². The summed E-state index contributed by atoms with van der Waals surface area (Å²) in [5.74, 6) is 0.768. The van der Waals surface area contributed by atoms with Crippen molar-refractivity contribution in [2.24, 2.45) is 10.4 Å². The number of ether oxygens (including phenoxy) is 2. The molecule has 154 valence electrons. The van der Waals surface area contributed by atoms with E-state index in [0.717, 1.165) is 36.6 Å². The van der Waals surface area contributed by atoms with Gasteiger partial charge in [0.2, 0.25) is 0 Å². The maximum atomic E-state index is 6.01. The SMILES string of the molecule is COc1ccccc1N=Cc1nn(COCC[Si](C)(C)C)c2c1CC1=C[C@]1(C)C2. The van der Waals surface area contributed by atoms with Crippen molar-refractivity contribution in [1.82, 2.24) is 9.78 Å². The standard InChI is InChI=1S/C23H31N3O2Si/c1-23-13-17(23)12-18-20(15-24-19-8-6-7-9-22(19)27-2)25-26(21(18)14-23)16-28-10-11-29(3,4)5/h6-9,13,15H,10-12,14,16H2,1-5H3/t23-/m1/s1. The van der Waals surface area contributed by atoms with Crippen molar-refractivity contribution in [3.8, 4) is 5.75 Å². The highest BCUT2D eigenvalue weighted by Gasteiger charge is 2.45. The summed E-state index contributed by atoms with van der Waals surface area (Å²) in [6.45, 7) is 10.8. The van der Waals surface area contributed by atoms with Crippen LogP contribution < -0.4 is 4.74 Å². The van der Waals surface area contributed by atoms with E-state index >= 15 is 0 Å². The van der Waals surface area contributed by atoms with Crippen LogP contribution in [0, 0.1) is 5.41 Å². The summed E-state index contributed by atoms with van der Waals surface area (Å²) in [7, 11) is 0.579. The van der Waals surface area contributed by atoms with Gasteiger partial charge in [-0.2, -0.15) is 5.10 Å². The predicted octanol–water partition coefficient (Wildman–Crippen LogP) is 5.00. The van der Waals surface area contributed by atoms with Crippen molar-refractivity contribution in [3.63, 3.8) is 0 Å². The maximum absolute atomic E-state index is 6.01. The third-order valence-corrected chi connectivity index (χ3v) is 7.57. The molecule has 0 unspecified atom stereocenters. The van der Waals surface area contributed by atoms with Gasteiger partial charge in [-0.25, -0.2) is 4.68 Å². The van der Waals surface area contributed by atoms with Crippen LogP contribution >= 0.6 is 0 Å². The number of hydrogen-bond donors (Lipinski definition) is 0. The Kier molecular flexibility index (Phi) is 5.25. The van der Waals surface area contributed by atoms with Gasteiger partial charge in [-0.3, -0.25) is 4.99 Å². The van der Waals surface area contributed by atoms with Crippen LogP contribution in [0.4, 0.5) is 5.69 Å². The molecule has 2 aliphatic carbocycles. The van der Waals surface area contributed by atoms with Crippen molar-refractivity contribution < 1.29 is 9.47 Å². The summed E-state index contributed by atoms with van der Waals surface area (Å²) >= 11 is 0. The molecule has 0 spiro atoms. The number of aliphatic imine (C=N–C) groups is 1. The van der Waals surface area contributed by atoms with Crippen molar-refractivity contribution in [1.29, 1.82) is 0 Å². The van der Waals surface area contributed by atoms with Crippen LogP contribution in [-0.2, 0) is 24.3 Å². The summed E-state index contributed by atoms with van der Waals surface area (Å²) in [5.41, 5.74) is 6.11. The lowest BCUT2D eigenvalue weighted by Gasteiger charge is -2.21. The third kappa shape index (κ3) is 4.38. The minimum absolute atomic E-state index is 0.250. The van der Waals surface area contributed by atoms with E-state index in [1.54, 1.807) is 7.11 Å². The quantitative estimate of drug-likeness (QED) is 0.267. The van der Waals surface area contributed by atoms with E-state index in [0.29, 0.717) is 6.73 Å². The monoisotopic (exact) mass is 409 g/mol. The average molecular weight is 410 g/mol. The largest absolute Gasteiger partial charge is 0.494 e. The first kappa shape index (κ1) is 20.1. The van der Waals surface area contributed by atoms with Crippen molar-refractivity contribution in [2.75, 3.05) is 13.7 Å². The molecule has 1 aromatic heterocycles. The summed E-state index contributed by atoms with van der Waals surface area (Å²) in [6, 6.07) is 8.97. The number of fused-ring (bicyclic) bond motifs is 2.